The van der Waals surface area contributed by atoms with Crippen LogP contribution >= 0.6 is 9.39 Å². The molecule has 2 unspecified atom stereocenters. The van der Waals surface area contributed by atoms with Crippen molar-refractivity contribution in [2.24, 2.45) is 5.73 Å². The number of nitrogens with one attached hydrogen (secondary N) is 2. The van der Waals surface area contributed by atoms with E-state index >= 15 is 0 Å². The Hall–Kier alpha value is -0.220. The van der Waals surface area contributed by atoms with Crippen molar-refractivity contribution in [1.29, 1.82) is 0 Å². The zero-order valence-corrected chi connectivity index (χ0v) is 8.94. The predicted octanol–water partition coefficient (Wildman–Crippen LogP) is -0.506. The summed E-state index contributed by atoms with van der Waals surface area (Å²) in [5.74, 6) is -0.823. The molecular formula is C7H18N3O2P. The minimum absolute atomic E-state index is 0.0350. The van der Waals surface area contributed by atoms with E-state index in [9.17, 15) is 4.79 Å². The lowest BCUT2D eigenvalue weighted by Gasteiger charge is -2.12. The highest BCUT2D eigenvalue weighted by molar-refractivity contribution is 7.13. The highest BCUT2D eigenvalue weighted by Gasteiger charge is 2.13. The number of carboxylic acids is 1. The third-order valence-electron chi connectivity index (χ3n) is 1.64. The zero-order valence-electron chi connectivity index (χ0n) is 7.79. The molecule has 0 aliphatic carbocycles. The molecule has 78 valence electrons. The monoisotopic (exact) mass is 207 g/mol. The van der Waals surface area contributed by atoms with Crippen molar-refractivity contribution in [2.75, 3.05) is 6.54 Å². The fourth-order valence-corrected chi connectivity index (χ4v) is 1.22. The van der Waals surface area contributed by atoms with Crippen LogP contribution in [0, 0.1) is 0 Å². The van der Waals surface area contributed by atoms with Crippen LogP contribution in [-0.4, -0.2) is 29.8 Å². The van der Waals surface area contributed by atoms with E-state index in [0.717, 1.165) is 13.0 Å². The van der Waals surface area contributed by atoms with Crippen LogP contribution < -0.4 is 16.1 Å². The maximum atomic E-state index is 10.5. The summed E-state index contributed by atoms with van der Waals surface area (Å²) in [6.07, 6.45) is 1.35. The van der Waals surface area contributed by atoms with Crippen molar-refractivity contribution >= 4 is 15.4 Å². The molecule has 3 atom stereocenters. The summed E-state index contributed by atoms with van der Waals surface area (Å²) < 4.78 is 0. The van der Waals surface area contributed by atoms with E-state index in [1.54, 1.807) is 0 Å². The highest BCUT2D eigenvalue weighted by atomic mass is 31.0. The maximum Gasteiger partial charge on any atom is 0.320 e. The van der Waals surface area contributed by atoms with Crippen LogP contribution in [-0.2, 0) is 4.79 Å². The summed E-state index contributed by atoms with van der Waals surface area (Å²) in [6, 6.07) is -0.486. The number of hydrogen-bond acceptors (Lipinski definition) is 4. The van der Waals surface area contributed by atoms with E-state index in [0.29, 0.717) is 6.42 Å². The Bertz CT molecular complexity index is 155. The molecule has 0 aromatic carbocycles. The van der Waals surface area contributed by atoms with Gasteiger partial charge in [0, 0.05) is 0 Å². The summed E-state index contributed by atoms with van der Waals surface area (Å²) in [4.78, 5) is 10.5. The Balaban J connectivity index is 3.44. The van der Waals surface area contributed by atoms with Gasteiger partial charge in [0.1, 0.15) is 6.04 Å². The molecule has 0 heterocycles. The molecule has 0 amide bonds. The van der Waals surface area contributed by atoms with E-state index in [-0.39, 0.29) is 6.17 Å². The molecule has 0 bridgehead atoms. The molecule has 0 rings (SSSR count). The molecule has 0 aliphatic rings. The Morgan fingerprint density at radius 1 is 1.69 bits per heavy atom. The molecule has 0 fully saturated rings. The molecule has 0 spiro atoms. The normalized spacial score (nSPS) is 15.3. The van der Waals surface area contributed by atoms with Gasteiger partial charge in [-0.1, -0.05) is 9.39 Å². The van der Waals surface area contributed by atoms with Gasteiger partial charge in [-0.2, -0.15) is 0 Å². The van der Waals surface area contributed by atoms with Crippen molar-refractivity contribution < 1.29 is 9.90 Å². The van der Waals surface area contributed by atoms with Crippen LogP contribution in [0.5, 0.6) is 0 Å². The van der Waals surface area contributed by atoms with Gasteiger partial charge in [-0.3, -0.25) is 9.88 Å². The van der Waals surface area contributed by atoms with Gasteiger partial charge in [0.25, 0.3) is 0 Å². The van der Waals surface area contributed by atoms with E-state index in [4.69, 9.17) is 10.8 Å². The third kappa shape index (κ3) is 6.90. The van der Waals surface area contributed by atoms with Crippen LogP contribution in [0.3, 0.4) is 0 Å². The molecule has 0 saturated carbocycles. The van der Waals surface area contributed by atoms with Crippen molar-refractivity contribution in [1.82, 2.24) is 10.4 Å². The number of aliphatic carboxylic acids is 1. The summed E-state index contributed by atoms with van der Waals surface area (Å²) in [5.41, 5.74) is 5.45. The van der Waals surface area contributed by atoms with Crippen molar-refractivity contribution in [3.8, 4) is 0 Å². The van der Waals surface area contributed by atoms with Gasteiger partial charge in [-0.05, 0) is 26.3 Å². The first-order chi connectivity index (χ1) is 6.07. The summed E-state index contributed by atoms with van der Waals surface area (Å²) in [6.45, 7) is 2.59. The Labute approximate surface area is 80.7 Å². The van der Waals surface area contributed by atoms with Gasteiger partial charge in [0.2, 0.25) is 0 Å². The van der Waals surface area contributed by atoms with Crippen molar-refractivity contribution in [2.45, 2.75) is 32.0 Å². The van der Waals surface area contributed by atoms with Gasteiger partial charge in [0.15, 0.2) is 0 Å². The molecule has 0 saturated heterocycles. The molecule has 0 aromatic heterocycles. The molecule has 0 aromatic rings. The minimum Gasteiger partial charge on any atom is -0.480 e. The smallest absolute Gasteiger partial charge is 0.320 e. The Morgan fingerprint density at radius 3 is 2.69 bits per heavy atom. The molecule has 0 aliphatic heterocycles. The second-order valence-electron chi connectivity index (χ2n) is 2.94. The van der Waals surface area contributed by atoms with E-state index in [1.807, 2.05) is 6.92 Å². The first kappa shape index (κ1) is 12.8. The molecule has 0 radical (unpaired) electrons. The molecule has 6 heteroatoms. The lowest BCUT2D eigenvalue weighted by atomic mass is 10.2. The fourth-order valence-electron chi connectivity index (χ4n) is 0.914. The molecule has 13 heavy (non-hydrogen) atoms. The average molecular weight is 207 g/mol. The van der Waals surface area contributed by atoms with E-state index < -0.39 is 12.0 Å². The van der Waals surface area contributed by atoms with Crippen LogP contribution in [0.4, 0.5) is 0 Å². The van der Waals surface area contributed by atoms with Crippen LogP contribution in [0.25, 0.3) is 0 Å². The topological polar surface area (TPSA) is 87.4 Å². The average Bonchev–Trinajstić information content (AvgIpc) is 2.03. The molecular weight excluding hydrogens is 189 g/mol. The number of carboxylic acid groups (broad SMARTS) is 1. The van der Waals surface area contributed by atoms with E-state index in [2.05, 4.69) is 19.8 Å². The van der Waals surface area contributed by atoms with Crippen LogP contribution in [0.1, 0.15) is 19.8 Å². The van der Waals surface area contributed by atoms with Crippen molar-refractivity contribution in [3.63, 3.8) is 0 Å². The molecule has 5 N–H and O–H groups in total. The number of carbonyl (C=O) groups is 1. The van der Waals surface area contributed by atoms with Crippen LogP contribution in [0.15, 0.2) is 0 Å². The number of hydrogen-bond donors (Lipinski definition) is 4. The van der Waals surface area contributed by atoms with Crippen LogP contribution in [0.2, 0.25) is 0 Å². The van der Waals surface area contributed by atoms with Gasteiger partial charge < -0.3 is 16.2 Å². The summed E-state index contributed by atoms with van der Waals surface area (Å²) in [7, 11) is 2.22. The number of nitrogens with two attached hydrogens (primary N) is 1. The second kappa shape index (κ2) is 7.21. The zero-order chi connectivity index (χ0) is 10.3. The summed E-state index contributed by atoms with van der Waals surface area (Å²) >= 11 is 0. The predicted molar refractivity (Wildman–Crippen MR) is 55.2 cm³/mol. The first-order valence-corrected chi connectivity index (χ1v) is 4.83. The second-order valence-corrected chi connectivity index (χ2v) is 3.28. The van der Waals surface area contributed by atoms with Gasteiger partial charge in [-0.25, -0.2) is 0 Å². The quantitative estimate of drug-likeness (QED) is 0.257. The largest absolute Gasteiger partial charge is 0.480 e. The lowest BCUT2D eigenvalue weighted by molar-refractivity contribution is -0.139. The minimum atomic E-state index is -0.823. The van der Waals surface area contributed by atoms with Crippen molar-refractivity contribution in [3.05, 3.63) is 0 Å². The van der Waals surface area contributed by atoms with Gasteiger partial charge in [-0.15, -0.1) is 0 Å². The lowest BCUT2D eigenvalue weighted by Crippen LogP contribution is -2.36. The van der Waals surface area contributed by atoms with E-state index in [1.165, 1.54) is 0 Å². The van der Waals surface area contributed by atoms with Gasteiger partial charge in [0.05, 0.1) is 6.17 Å². The Morgan fingerprint density at radius 2 is 2.31 bits per heavy atom. The van der Waals surface area contributed by atoms with Gasteiger partial charge >= 0.3 is 5.97 Å². The summed E-state index contributed by atoms with van der Waals surface area (Å²) in [5, 5.41) is 14.3. The number of rotatable bonds is 7. The third-order valence-corrected chi connectivity index (χ3v) is 2.04. The maximum absolute atomic E-state index is 10.5. The SMILES string of the molecule is C[C@H](N)NCCCC(NP)C(=O)O. The first-order valence-electron chi connectivity index (χ1n) is 4.25. The Kier molecular flexibility index (Phi) is 7.09. The standard InChI is InChI=1S/C7H18N3O2P/c1-5(8)9-4-2-3-6(10-13)7(11)12/h5-6,9-10H,2-4,8,13H2,1H3,(H,11,12)/t5-,6?/m1/s1. The molecule has 5 nitrogen and oxygen atoms in total. The fraction of sp³-hybridized carbons (Fsp3) is 0.857. The highest BCUT2D eigenvalue weighted by Crippen LogP contribution is 1.98.